The van der Waals surface area contributed by atoms with Crippen molar-refractivity contribution in [3.63, 3.8) is 0 Å². The average molecular weight is 747 g/mol. The van der Waals surface area contributed by atoms with E-state index in [0.717, 1.165) is 22.3 Å². The lowest BCUT2D eigenvalue weighted by Gasteiger charge is -2.22. The normalized spacial score (nSPS) is 25.5. The summed E-state index contributed by atoms with van der Waals surface area (Å²) in [6.45, 7) is 0.904. The Balaban J connectivity index is 1.30. The van der Waals surface area contributed by atoms with Crippen LogP contribution in [0.3, 0.4) is 0 Å². The zero-order valence-corrected chi connectivity index (χ0v) is 28.4. The molecule has 0 aliphatic carbocycles. The van der Waals surface area contributed by atoms with Crippen LogP contribution in [0.4, 0.5) is 10.2 Å². The molecular formula is C28H33FN3O14P3. The number of anilines is 1. The van der Waals surface area contributed by atoms with Crippen LogP contribution >= 0.6 is 23.2 Å². The van der Waals surface area contributed by atoms with Gasteiger partial charge >= 0.3 is 28.9 Å². The number of halogens is 1. The summed E-state index contributed by atoms with van der Waals surface area (Å²) in [5, 5.41) is 2.44. The number of nitrogens with one attached hydrogen (secondary N) is 1. The number of phosphoric ester groups is 1. The number of nitrogens with zero attached hydrogens (tertiary/aromatic N) is 2. The number of hydrogen-bond acceptors (Lipinski definition) is 12. The fourth-order valence-electron chi connectivity index (χ4n) is 5.02. The molecule has 49 heavy (non-hydrogen) atoms. The number of amides is 1. The molecule has 2 aromatic carbocycles. The Hall–Kier alpha value is -2.95. The maximum absolute atomic E-state index is 13.2. The zero-order chi connectivity index (χ0) is 35.4. The zero-order valence-electron chi connectivity index (χ0n) is 25.7. The number of hydrogen-bond donors (Lipinski definition) is 4. The quantitative estimate of drug-likeness (QED) is 0.160. The Morgan fingerprint density at radius 2 is 1.65 bits per heavy atom. The Morgan fingerprint density at radius 1 is 0.959 bits per heavy atom. The summed E-state index contributed by atoms with van der Waals surface area (Å²) in [5.41, 5.74) is 0.0857. The molecule has 1 aromatic heterocycles. The van der Waals surface area contributed by atoms with E-state index in [-0.39, 0.29) is 24.2 Å². The van der Waals surface area contributed by atoms with Crippen molar-refractivity contribution in [1.29, 1.82) is 0 Å². The molecule has 1 amide bonds. The molecule has 2 aliphatic rings. The first kappa shape index (κ1) is 37.3. The standard InChI is InChI=1S/C28H33FN3O14P3/c1-2-3-15-47(35,36)45-49(39,40)46-48(37,38)41-17-21-24-25(44-23(43-24)16-18-7-5-4-6-8-18)27(42-21)32-14-13-22(31-28(32)34)30-26(33)19-9-11-20(29)12-10-19/h4-14,21,23-25,27H,2-3,15-17H2,1H3,(H,35,36)(H,37,38)(H,39,40)(H,30,31,33,34)/t21-,23?,24?,25+,27-/m1/s1. The highest BCUT2D eigenvalue weighted by Gasteiger charge is 2.54. The predicted octanol–water partition coefficient (Wildman–Crippen LogP) is 4.12. The molecule has 17 nitrogen and oxygen atoms in total. The Morgan fingerprint density at radius 3 is 2.33 bits per heavy atom. The van der Waals surface area contributed by atoms with Gasteiger partial charge in [-0.05, 0) is 42.3 Å². The second kappa shape index (κ2) is 15.5. The number of aromatic nitrogens is 2. The van der Waals surface area contributed by atoms with Crippen molar-refractivity contribution in [3.8, 4) is 0 Å². The van der Waals surface area contributed by atoms with E-state index < -0.39 is 84.3 Å². The van der Waals surface area contributed by atoms with Crippen molar-refractivity contribution in [1.82, 2.24) is 9.55 Å². The minimum Gasteiger partial charge on any atom is -0.346 e. The molecule has 8 atom stereocenters. The topological polar surface area (TPSA) is 231 Å². The summed E-state index contributed by atoms with van der Waals surface area (Å²) >= 11 is 0. The monoisotopic (exact) mass is 747 g/mol. The summed E-state index contributed by atoms with van der Waals surface area (Å²) in [6, 6.07) is 15.1. The summed E-state index contributed by atoms with van der Waals surface area (Å²) in [7, 11) is -15.6. The molecule has 5 rings (SSSR count). The van der Waals surface area contributed by atoms with Crippen LogP contribution < -0.4 is 11.0 Å². The molecule has 2 fully saturated rings. The molecule has 4 N–H and O–H groups in total. The van der Waals surface area contributed by atoms with Crippen LogP contribution in [0.25, 0.3) is 0 Å². The second-order valence-corrected chi connectivity index (χ2v) is 16.1. The van der Waals surface area contributed by atoms with Gasteiger partial charge in [0.25, 0.3) is 5.91 Å². The van der Waals surface area contributed by atoms with Crippen LogP contribution in [0.2, 0.25) is 0 Å². The number of ether oxygens (including phenoxy) is 3. The number of carbonyl (C=O) groups excluding carboxylic acids is 1. The van der Waals surface area contributed by atoms with Crippen molar-refractivity contribution in [2.45, 2.75) is 57.0 Å². The van der Waals surface area contributed by atoms with Crippen LogP contribution in [0.1, 0.15) is 41.9 Å². The van der Waals surface area contributed by atoms with E-state index in [1.54, 1.807) is 6.92 Å². The molecule has 21 heteroatoms. The van der Waals surface area contributed by atoms with Gasteiger partial charge in [0.05, 0.1) is 12.8 Å². The number of rotatable bonds is 15. The maximum atomic E-state index is 13.2. The Kier molecular flexibility index (Phi) is 11.8. The fraction of sp³-hybridized carbons (Fsp3) is 0.393. The number of benzene rings is 2. The highest BCUT2D eigenvalue weighted by molar-refractivity contribution is 7.68. The Labute approximate surface area is 278 Å². The lowest BCUT2D eigenvalue weighted by Crippen LogP contribution is -2.34. The van der Waals surface area contributed by atoms with Crippen LogP contribution in [0.15, 0.2) is 71.7 Å². The third-order valence-electron chi connectivity index (χ3n) is 7.23. The van der Waals surface area contributed by atoms with Crippen molar-refractivity contribution in [2.75, 3.05) is 18.1 Å². The minimum absolute atomic E-state index is 0.119. The molecule has 2 saturated heterocycles. The Bertz CT molecular complexity index is 1830. The highest BCUT2D eigenvalue weighted by Crippen LogP contribution is 2.67. The highest BCUT2D eigenvalue weighted by atomic mass is 31.3. The second-order valence-electron chi connectivity index (χ2n) is 11.0. The SMILES string of the molecule is CCCCP(=O)(O)OP(=O)(O)OP(=O)(O)OC[C@H]1O[C@@H](n2ccc(NC(=O)c3ccc(F)cc3)nc2=O)[C@H]2OC(Cc3ccccc3)OC12. The van der Waals surface area contributed by atoms with E-state index in [9.17, 15) is 42.4 Å². The first-order chi connectivity index (χ1) is 23.1. The van der Waals surface area contributed by atoms with E-state index in [1.807, 2.05) is 30.3 Å². The number of carbonyl (C=O) groups is 1. The third-order valence-corrected chi connectivity index (χ3v) is 12.1. The van der Waals surface area contributed by atoms with Gasteiger partial charge < -0.3 is 34.2 Å². The molecule has 266 valence electrons. The number of phosphoric acid groups is 2. The van der Waals surface area contributed by atoms with Gasteiger partial charge in [0.2, 0.25) is 0 Å². The van der Waals surface area contributed by atoms with Crippen LogP contribution in [0, 0.1) is 5.82 Å². The smallest absolute Gasteiger partial charge is 0.346 e. The lowest BCUT2D eigenvalue weighted by molar-refractivity contribution is -0.150. The number of fused-ring (bicyclic) bond motifs is 1. The molecule has 3 aromatic rings. The molecule has 5 unspecified atom stereocenters. The van der Waals surface area contributed by atoms with Crippen LogP contribution in [-0.4, -0.2) is 67.5 Å². The van der Waals surface area contributed by atoms with Gasteiger partial charge in [-0.25, -0.2) is 22.6 Å². The van der Waals surface area contributed by atoms with Gasteiger partial charge in [0.15, 0.2) is 12.5 Å². The van der Waals surface area contributed by atoms with E-state index in [0.29, 0.717) is 6.42 Å². The van der Waals surface area contributed by atoms with Gasteiger partial charge in [-0.2, -0.15) is 9.29 Å². The summed E-state index contributed by atoms with van der Waals surface area (Å²) in [5.74, 6) is -1.30. The van der Waals surface area contributed by atoms with E-state index in [2.05, 4.69) is 18.9 Å². The molecule has 0 bridgehead atoms. The maximum Gasteiger partial charge on any atom is 0.488 e. The number of unbranched alkanes of at least 4 members (excludes halogenated alkanes) is 1. The van der Waals surface area contributed by atoms with E-state index >= 15 is 0 Å². The van der Waals surface area contributed by atoms with Gasteiger partial charge in [-0.3, -0.25) is 18.5 Å². The largest absolute Gasteiger partial charge is 0.488 e. The average Bonchev–Trinajstić information content (AvgIpc) is 3.58. The van der Waals surface area contributed by atoms with E-state index in [1.165, 1.54) is 24.4 Å². The van der Waals surface area contributed by atoms with E-state index in [4.69, 9.17) is 18.7 Å². The lowest BCUT2D eigenvalue weighted by atomic mass is 10.1. The predicted molar refractivity (Wildman–Crippen MR) is 168 cm³/mol. The van der Waals surface area contributed by atoms with Gasteiger partial charge in [-0.15, -0.1) is 0 Å². The molecule has 0 saturated carbocycles. The van der Waals surface area contributed by atoms with Crippen LogP contribution in [-0.2, 0) is 47.5 Å². The molecule has 2 aliphatic heterocycles. The van der Waals surface area contributed by atoms with Gasteiger partial charge in [0, 0.05) is 18.2 Å². The molecule has 3 heterocycles. The van der Waals surface area contributed by atoms with Crippen molar-refractivity contribution in [2.24, 2.45) is 0 Å². The fourth-order valence-corrected chi connectivity index (χ4v) is 9.31. The minimum atomic E-state index is -5.56. The van der Waals surface area contributed by atoms with Crippen molar-refractivity contribution < 1.29 is 64.9 Å². The summed E-state index contributed by atoms with van der Waals surface area (Å²) in [4.78, 5) is 59.4. The van der Waals surface area contributed by atoms with Crippen molar-refractivity contribution in [3.05, 3.63) is 94.3 Å². The molecular weight excluding hydrogens is 714 g/mol. The van der Waals surface area contributed by atoms with Gasteiger partial charge in [0.1, 0.15) is 29.9 Å². The third kappa shape index (κ3) is 10.1. The van der Waals surface area contributed by atoms with Gasteiger partial charge in [-0.1, -0.05) is 43.7 Å². The first-order valence-corrected chi connectivity index (χ1v) is 19.6. The summed E-state index contributed by atoms with van der Waals surface area (Å²) in [6.07, 6.45) is -3.62. The van der Waals surface area contributed by atoms with Crippen LogP contribution in [0.5, 0.6) is 0 Å². The first-order valence-electron chi connectivity index (χ1n) is 14.8. The molecule has 0 spiro atoms. The summed E-state index contributed by atoms with van der Waals surface area (Å²) < 4.78 is 82.7. The molecule has 0 radical (unpaired) electrons. The van der Waals surface area contributed by atoms with Crippen molar-refractivity contribution >= 4 is 35.0 Å².